The van der Waals surface area contributed by atoms with E-state index in [0.29, 0.717) is 5.56 Å². The monoisotopic (exact) mass is 1490 g/mol. The van der Waals surface area contributed by atoms with E-state index >= 15 is 0 Å². The van der Waals surface area contributed by atoms with Crippen LogP contribution >= 0.6 is 0 Å². The second kappa shape index (κ2) is 28.2. The Morgan fingerprint density at radius 1 is 0.171 bits per heavy atom. The van der Waals surface area contributed by atoms with Gasteiger partial charge in [0.15, 0.2) is 0 Å². The van der Waals surface area contributed by atoms with Gasteiger partial charge in [-0.1, -0.05) is 303 Å². The Labute approximate surface area is 677 Å². The maximum atomic E-state index is 9.35. The van der Waals surface area contributed by atoms with Gasteiger partial charge in [0.1, 0.15) is 0 Å². The largest absolute Gasteiger partial charge is 0.309 e. The summed E-state index contributed by atoms with van der Waals surface area (Å²) < 4.78 is 9.53. The Balaban J connectivity index is 0.000000148. The van der Waals surface area contributed by atoms with E-state index in [9.17, 15) is 5.26 Å². The highest BCUT2D eigenvalue weighted by atomic mass is 15.0. The molecule has 23 rings (SSSR count). The van der Waals surface area contributed by atoms with E-state index in [1.165, 1.54) is 176 Å². The fourth-order valence-electron chi connectivity index (χ4n) is 18.7. The highest BCUT2D eigenvalue weighted by molar-refractivity contribution is 6.15. The molecule has 5 heteroatoms. The normalized spacial score (nSPS) is 11.8. The molecular formula is C112H73N5. The maximum absolute atomic E-state index is 9.35. The number of hydrogen-bond acceptors (Lipinski definition) is 1. The zero-order valence-electron chi connectivity index (χ0n) is 63.9. The number of aromatic nitrogens is 4. The van der Waals surface area contributed by atoms with Crippen molar-refractivity contribution < 1.29 is 0 Å². The first kappa shape index (κ1) is 68.2. The van der Waals surface area contributed by atoms with Crippen LogP contribution in [0.5, 0.6) is 0 Å². The molecule has 117 heavy (non-hydrogen) atoms. The van der Waals surface area contributed by atoms with Crippen molar-refractivity contribution in [2.45, 2.75) is 5.41 Å². The van der Waals surface area contributed by atoms with Gasteiger partial charge in [0.2, 0.25) is 0 Å². The first-order valence-corrected chi connectivity index (χ1v) is 40.1. The lowest BCUT2D eigenvalue weighted by Gasteiger charge is -2.37. The van der Waals surface area contributed by atoms with Crippen molar-refractivity contribution in [2.75, 3.05) is 0 Å². The summed E-state index contributed by atoms with van der Waals surface area (Å²) in [4.78, 5) is 0. The number of benzene rings is 19. The molecule has 0 saturated heterocycles. The Morgan fingerprint density at radius 2 is 0.444 bits per heavy atom. The zero-order valence-corrected chi connectivity index (χ0v) is 63.9. The summed E-state index contributed by atoms with van der Waals surface area (Å²) in [5.74, 6) is 0. The van der Waals surface area contributed by atoms with Gasteiger partial charge in [0.25, 0.3) is 0 Å². The molecule has 4 heterocycles. The van der Waals surface area contributed by atoms with Gasteiger partial charge in [0, 0.05) is 65.8 Å². The maximum Gasteiger partial charge on any atom is 0.0991 e. The topological polar surface area (TPSA) is 43.5 Å². The van der Waals surface area contributed by atoms with Crippen molar-refractivity contribution >= 4 is 109 Å². The van der Waals surface area contributed by atoms with Crippen molar-refractivity contribution in [1.82, 2.24) is 18.3 Å². The lowest BCUT2D eigenvalue weighted by Crippen LogP contribution is -2.30. The summed E-state index contributed by atoms with van der Waals surface area (Å²) >= 11 is 0. The standard InChI is InChI=1S/C65H44N2.C47H29N3/c1-5-19-51(20-6-1)65(52-21-7-2-8-22-52,53-23-9-3-10-24-53)54-36-40-64-60(44-54)59-43-50(35-39-63(59)67(64)56-37-33-45-17-13-14-18-48(45)41-56)47-31-29-46(30-32-47)49-34-38-62-58(42-49)57-27-15-16-28-61(57)66(62)55-25-11-4-12-26-55;48-30-31-14-15-35-27-39(23-20-34(35)26-31)50-45-13-7-5-11-41(45)43-29-37(22-25-47(43)50)33-18-16-32(17-19-33)36-21-24-46-42(28-36)40-10-4-6-12-44(40)49(46)38-8-2-1-3-9-38/h1-44H;1-29H. The molecule has 23 aromatic rings. The minimum Gasteiger partial charge on any atom is -0.309 e. The number of para-hydroxylation sites is 5. The summed E-state index contributed by atoms with van der Waals surface area (Å²) in [6, 6.07) is 163. The van der Waals surface area contributed by atoms with Gasteiger partial charge < -0.3 is 18.3 Å². The molecule has 0 aliphatic heterocycles. The number of nitriles is 1. The number of hydrogen-bond donors (Lipinski definition) is 0. The average molecular weight is 1490 g/mol. The van der Waals surface area contributed by atoms with Gasteiger partial charge in [-0.05, 0) is 228 Å². The van der Waals surface area contributed by atoms with E-state index < -0.39 is 5.41 Å². The zero-order chi connectivity index (χ0) is 77.5. The molecule has 4 aromatic heterocycles. The van der Waals surface area contributed by atoms with Crippen LogP contribution in [0.1, 0.15) is 27.8 Å². The predicted molar refractivity (Wildman–Crippen MR) is 490 cm³/mol. The molecule has 0 unspecified atom stereocenters. The second-order valence-electron chi connectivity index (χ2n) is 30.6. The van der Waals surface area contributed by atoms with Crippen LogP contribution in [0.2, 0.25) is 0 Å². The van der Waals surface area contributed by atoms with Crippen molar-refractivity contribution in [1.29, 1.82) is 5.26 Å². The first-order chi connectivity index (χ1) is 57.9. The summed E-state index contributed by atoms with van der Waals surface area (Å²) in [6.45, 7) is 0. The van der Waals surface area contributed by atoms with Crippen LogP contribution < -0.4 is 0 Å². The molecule has 0 radical (unpaired) electrons. The van der Waals surface area contributed by atoms with E-state index in [1.807, 2.05) is 18.2 Å². The Hall–Kier alpha value is -15.6. The fourth-order valence-corrected chi connectivity index (χ4v) is 18.7. The van der Waals surface area contributed by atoms with Crippen LogP contribution in [-0.2, 0) is 5.41 Å². The van der Waals surface area contributed by atoms with Crippen molar-refractivity contribution in [2.24, 2.45) is 0 Å². The second-order valence-corrected chi connectivity index (χ2v) is 30.6. The average Bonchev–Trinajstić information content (AvgIpc) is 1.65. The quantitative estimate of drug-likeness (QED) is 0.112. The lowest BCUT2D eigenvalue weighted by molar-refractivity contribution is 0.746. The van der Waals surface area contributed by atoms with Crippen LogP contribution in [0.3, 0.4) is 0 Å². The van der Waals surface area contributed by atoms with Crippen LogP contribution in [0.4, 0.5) is 0 Å². The molecule has 0 aliphatic carbocycles. The van der Waals surface area contributed by atoms with E-state index in [-0.39, 0.29) is 0 Å². The molecular weight excluding hydrogens is 1420 g/mol. The van der Waals surface area contributed by atoms with Crippen LogP contribution in [0, 0.1) is 11.3 Å². The third-order valence-corrected chi connectivity index (χ3v) is 24.2. The van der Waals surface area contributed by atoms with Crippen LogP contribution in [-0.4, -0.2) is 18.3 Å². The number of nitrogens with zero attached hydrogens (tertiary/aromatic N) is 5. The van der Waals surface area contributed by atoms with Crippen molar-refractivity contribution in [3.63, 3.8) is 0 Å². The molecule has 0 amide bonds. The third kappa shape index (κ3) is 11.5. The van der Waals surface area contributed by atoms with Gasteiger partial charge in [-0.25, -0.2) is 0 Å². The summed E-state index contributed by atoms with van der Waals surface area (Å²) in [7, 11) is 0. The highest BCUT2D eigenvalue weighted by Crippen LogP contribution is 2.49. The molecule has 0 N–H and O–H groups in total. The number of fused-ring (bicyclic) bond motifs is 14. The van der Waals surface area contributed by atoms with Crippen LogP contribution in [0.15, 0.2) is 443 Å². The van der Waals surface area contributed by atoms with Gasteiger partial charge in [-0.2, -0.15) is 5.26 Å². The Kier molecular flexibility index (Phi) is 16.5. The Morgan fingerprint density at radius 3 is 0.838 bits per heavy atom. The minimum atomic E-state index is -0.567. The summed E-state index contributed by atoms with van der Waals surface area (Å²) in [5.41, 5.74) is 28.7. The smallest absolute Gasteiger partial charge is 0.0991 e. The molecule has 0 atom stereocenters. The molecule has 0 aliphatic rings. The Bertz CT molecular complexity index is 7740. The van der Waals surface area contributed by atoms with Crippen molar-refractivity contribution in [3.05, 3.63) is 471 Å². The van der Waals surface area contributed by atoms with E-state index in [1.54, 1.807) is 0 Å². The molecule has 5 nitrogen and oxygen atoms in total. The molecule has 0 saturated carbocycles. The van der Waals surface area contributed by atoms with Gasteiger partial charge in [0.05, 0.1) is 61.2 Å². The van der Waals surface area contributed by atoms with E-state index in [4.69, 9.17) is 0 Å². The lowest BCUT2D eigenvalue weighted by atomic mass is 9.65. The predicted octanol–water partition coefficient (Wildman–Crippen LogP) is 29.0. The van der Waals surface area contributed by atoms with Gasteiger partial charge >= 0.3 is 0 Å². The molecule has 546 valence electrons. The van der Waals surface area contributed by atoms with E-state index in [0.717, 1.165) is 22.1 Å². The van der Waals surface area contributed by atoms with Gasteiger partial charge in [-0.15, -0.1) is 0 Å². The third-order valence-electron chi connectivity index (χ3n) is 24.2. The minimum absolute atomic E-state index is 0.567. The highest BCUT2D eigenvalue weighted by Gasteiger charge is 2.39. The van der Waals surface area contributed by atoms with Gasteiger partial charge in [-0.3, -0.25) is 0 Å². The SMILES string of the molecule is N#Cc1ccc2cc(-n3c4ccccc4c4cc(-c5ccc(-c6ccc7c(c6)c6ccccc6n7-c6ccccc6)cc5)ccc43)ccc2c1.c1ccc(-n2c3ccccc3c3cc(-c4ccc(-c5ccc6c(c5)c5cc(C(c7ccccc7)(c7ccccc7)c7ccccc7)ccc5n6-c5ccc6ccccc6c5)cc4)ccc32)cc1. The molecule has 0 spiro atoms. The molecule has 0 bridgehead atoms. The fraction of sp³-hybridized carbons (Fsp3) is 0.00893. The van der Waals surface area contributed by atoms with Crippen molar-refractivity contribution in [3.8, 4) is 73.3 Å². The first-order valence-electron chi connectivity index (χ1n) is 40.1. The molecule has 0 fully saturated rings. The molecule has 19 aromatic carbocycles. The van der Waals surface area contributed by atoms with Crippen LogP contribution in [0.25, 0.3) is 176 Å². The summed E-state index contributed by atoms with van der Waals surface area (Å²) in [5, 5.41) is 23.9. The summed E-state index contributed by atoms with van der Waals surface area (Å²) in [6.07, 6.45) is 0. The number of rotatable bonds is 12. The van der Waals surface area contributed by atoms with E-state index in [2.05, 4.69) is 449 Å².